The fraction of sp³-hybridized carbons (Fsp3) is 0.926. The molecule has 2 fully saturated rings. The molecule has 35 heavy (non-hydrogen) atoms. The largest absolute Gasteiger partial charge is 0.463 e. The summed E-state index contributed by atoms with van der Waals surface area (Å²) in [5, 5.41) is 0.210. The van der Waals surface area contributed by atoms with E-state index in [4.69, 9.17) is 18.6 Å². The number of carbonyl (C=O) groups is 2. The van der Waals surface area contributed by atoms with Crippen molar-refractivity contribution in [3.8, 4) is 0 Å². The lowest BCUT2D eigenvalue weighted by atomic mass is 9.79. The zero-order valence-corrected chi connectivity index (χ0v) is 24.7. The van der Waals surface area contributed by atoms with E-state index in [1.54, 1.807) is 0 Å². The first-order valence-corrected chi connectivity index (χ1v) is 16.5. The summed E-state index contributed by atoms with van der Waals surface area (Å²) in [6, 6.07) is 0. The summed E-state index contributed by atoms with van der Waals surface area (Å²) >= 11 is 0. The molecule has 2 aliphatic rings. The minimum absolute atomic E-state index is 0.153. The first-order valence-electron chi connectivity index (χ1n) is 13.6. The molecule has 0 aromatic carbocycles. The summed E-state index contributed by atoms with van der Waals surface area (Å²) in [4.78, 5) is 25.9. The van der Waals surface area contributed by atoms with Gasteiger partial charge in [0.25, 0.3) is 0 Å². The SMILES string of the molecule is CC(=O)OCC1O[C@@H](OCCCCC(=O)N2CCC(O[Si](C)(C)C(C)(C)C)CC2)C(C)[C@@H](C)[C@H]1C. The van der Waals surface area contributed by atoms with E-state index in [1.165, 1.54) is 6.92 Å². The second-order valence-corrected chi connectivity index (χ2v) is 17.0. The Morgan fingerprint density at radius 3 is 2.20 bits per heavy atom. The summed E-state index contributed by atoms with van der Waals surface area (Å²) in [5.41, 5.74) is 0. The fourth-order valence-corrected chi connectivity index (χ4v) is 6.04. The summed E-state index contributed by atoms with van der Waals surface area (Å²) in [6.45, 7) is 21.7. The van der Waals surface area contributed by atoms with Crippen molar-refractivity contribution in [3.05, 3.63) is 0 Å². The second-order valence-electron chi connectivity index (χ2n) is 12.2. The Balaban J connectivity index is 1.67. The number of amides is 1. The lowest BCUT2D eigenvalue weighted by molar-refractivity contribution is -0.255. The maximum Gasteiger partial charge on any atom is 0.302 e. The van der Waals surface area contributed by atoms with Crippen molar-refractivity contribution in [1.29, 1.82) is 0 Å². The Bertz CT molecular complexity index is 686. The molecule has 0 spiro atoms. The predicted octanol–water partition coefficient (Wildman–Crippen LogP) is 5.38. The van der Waals surface area contributed by atoms with E-state index < -0.39 is 8.32 Å². The molecule has 2 saturated heterocycles. The minimum atomic E-state index is -1.76. The quantitative estimate of drug-likeness (QED) is 0.222. The molecule has 204 valence electrons. The lowest BCUT2D eigenvalue weighted by Crippen LogP contribution is -2.48. The van der Waals surface area contributed by atoms with Crippen LogP contribution in [0.5, 0.6) is 0 Å². The average molecular weight is 514 g/mol. The van der Waals surface area contributed by atoms with Gasteiger partial charge in [0.1, 0.15) is 6.61 Å². The van der Waals surface area contributed by atoms with Gasteiger partial charge in [0.2, 0.25) is 5.91 Å². The lowest BCUT2D eigenvalue weighted by Gasteiger charge is -2.43. The number of ether oxygens (including phenoxy) is 3. The number of hydrogen-bond acceptors (Lipinski definition) is 6. The third kappa shape index (κ3) is 8.83. The maximum absolute atomic E-state index is 12.7. The normalized spacial score (nSPS) is 28.7. The number of nitrogens with zero attached hydrogens (tertiary/aromatic N) is 1. The highest BCUT2D eigenvalue weighted by atomic mass is 28.4. The molecule has 2 unspecified atom stereocenters. The van der Waals surface area contributed by atoms with Crippen LogP contribution < -0.4 is 0 Å². The molecule has 0 radical (unpaired) electrons. The molecule has 0 N–H and O–H groups in total. The van der Waals surface area contributed by atoms with Gasteiger partial charge in [-0.3, -0.25) is 9.59 Å². The van der Waals surface area contributed by atoms with Crippen LogP contribution in [0.4, 0.5) is 0 Å². The van der Waals surface area contributed by atoms with Crippen molar-refractivity contribution in [2.45, 2.75) is 117 Å². The van der Waals surface area contributed by atoms with Gasteiger partial charge in [0.15, 0.2) is 14.6 Å². The van der Waals surface area contributed by atoms with Crippen molar-refractivity contribution in [2.75, 3.05) is 26.3 Å². The molecule has 2 aliphatic heterocycles. The van der Waals surface area contributed by atoms with Gasteiger partial charge in [-0.2, -0.15) is 0 Å². The highest BCUT2D eigenvalue weighted by molar-refractivity contribution is 6.74. The Kier molecular flexibility index (Phi) is 11.3. The first-order chi connectivity index (χ1) is 16.2. The van der Waals surface area contributed by atoms with E-state index in [9.17, 15) is 9.59 Å². The van der Waals surface area contributed by atoms with E-state index >= 15 is 0 Å². The summed E-state index contributed by atoms with van der Waals surface area (Å²) < 4.78 is 23.9. The first kappa shape index (κ1) is 30.3. The number of piperidine rings is 1. The molecule has 0 bridgehead atoms. The Labute approximate surface area is 214 Å². The van der Waals surface area contributed by atoms with E-state index in [-0.39, 0.29) is 47.9 Å². The van der Waals surface area contributed by atoms with Gasteiger partial charge in [-0.1, -0.05) is 41.5 Å². The van der Waals surface area contributed by atoms with Crippen LogP contribution in [0.3, 0.4) is 0 Å². The molecule has 1 amide bonds. The van der Waals surface area contributed by atoms with Gasteiger partial charge >= 0.3 is 5.97 Å². The Morgan fingerprint density at radius 1 is 1.00 bits per heavy atom. The molecular formula is C27H51NO6Si. The van der Waals surface area contributed by atoms with Crippen LogP contribution in [0.2, 0.25) is 18.1 Å². The third-order valence-corrected chi connectivity index (χ3v) is 13.1. The summed E-state index contributed by atoms with van der Waals surface area (Å²) in [7, 11) is -1.76. The van der Waals surface area contributed by atoms with Gasteiger partial charge in [-0.25, -0.2) is 0 Å². The van der Waals surface area contributed by atoms with Crippen LogP contribution in [0.25, 0.3) is 0 Å². The van der Waals surface area contributed by atoms with E-state index in [0.29, 0.717) is 24.9 Å². The van der Waals surface area contributed by atoms with Crippen LogP contribution >= 0.6 is 0 Å². The molecule has 0 saturated carbocycles. The minimum Gasteiger partial charge on any atom is -0.463 e. The topological polar surface area (TPSA) is 74.3 Å². The molecule has 5 atom stereocenters. The van der Waals surface area contributed by atoms with Gasteiger partial charge in [-0.05, 0) is 55.7 Å². The molecule has 0 aromatic heterocycles. The third-order valence-electron chi connectivity index (χ3n) is 8.56. The van der Waals surface area contributed by atoms with Gasteiger partial charge in [-0.15, -0.1) is 0 Å². The highest BCUT2D eigenvalue weighted by Gasteiger charge is 2.41. The second kappa shape index (κ2) is 13.0. The van der Waals surface area contributed by atoms with Gasteiger partial charge < -0.3 is 23.5 Å². The molecule has 8 heteroatoms. The van der Waals surface area contributed by atoms with Crippen molar-refractivity contribution in [1.82, 2.24) is 4.90 Å². The molecule has 2 rings (SSSR count). The van der Waals surface area contributed by atoms with Crippen LogP contribution in [-0.4, -0.2) is 69.9 Å². The molecule has 2 heterocycles. The number of unbranched alkanes of at least 4 members (excludes halogenated alkanes) is 1. The monoisotopic (exact) mass is 513 g/mol. The number of esters is 1. The van der Waals surface area contributed by atoms with Gasteiger partial charge in [0, 0.05) is 45.1 Å². The van der Waals surface area contributed by atoms with Crippen molar-refractivity contribution in [2.24, 2.45) is 17.8 Å². The van der Waals surface area contributed by atoms with E-state index in [0.717, 1.165) is 38.8 Å². The number of rotatable bonds is 10. The predicted molar refractivity (Wildman–Crippen MR) is 140 cm³/mol. The summed E-state index contributed by atoms with van der Waals surface area (Å²) in [6.07, 6.45) is 3.87. The average Bonchev–Trinajstić information content (AvgIpc) is 2.77. The zero-order valence-electron chi connectivity index (χ0n) is 23.7. The molecular weight excluding hydrogens is 462 g/mol. The highest BCUT2D eigenvalue weighted by Crippen LogP contribution is 2.38. The standard InChI is InChI=1S/C27H51NO6Si/c1-19-20(2)24(18-32-22(4)29)33-26(21(19)3)31-17-11-10-12-25(30)28-15-13-23(14-16-28)34-35(8,9)27(5,6)7/h19-21,23-24,26H,10-18H2,1-9H3/t19-,20+,21?,24?,26+/m0/s1. The zero-order chi connectivity index (χ0) is 26.4. The number of carbonyl (C=O) groups excluding carboxylic acids is 2. The maximum atomic E-state index is 12.7. The van der Waals surface area contributed by atoms with Crippen LogP contribution in [0.1, 0.15) is 80.6 Å². The molecule has 7 nitrogen and oxygen atoms in total. The Hall–Kier alpha value is -0.963. The number of hydrogen-bond donors (Lipinski definition) is 0. The van der Waals surface area contributed by atoms with Crippen LogP contribution in [0, 0.1) is 17.8 Å². The fourth-order valence-electron chi connectivity index (χ4n) is 4.62. The van der Waals surface area contributed by atoms with Crippen molar-refractivity contribution >= 4 is 20.2 Å². The molecule has 0 aromatic rings. The van der Waals surface area contributed by atoms with E-state index in [2.05, 4.69) is 54.6 Å². The van der Waals surface area contributed by atoms with Gasteiger partial charge in [0.05, 0.1) is 6.10 Å². The van der Waals surface area contributed by atoms with Crippen LogP contribution in [0.15, 0.2) is 0 Å². The van der Waals surface area contributed by atoms with E-state index in [1.807, 2.05) is 4.90 Å². The van der Waals surface area contributed by atoms with Crippen LogP contribution in [-0.2, 0) is 28.2 Å². The van der Waals surface area contributed by atoms with Crippen molar-refractivity contribution < 1.29 is 28.2 Å². The summed E-state index contributed by atoms with van der Waals surface area (Å²) in [5.74, 6) is 0.899. The smallest absolute Gasteiger partial charge is 0.302 e. The molecule has 0 aliphatic carbocycles. The van der Waals surface area contributed by atoms with Crippen molar-refractivity contribution in [3.63, 3.8) is 0 Å². The Morgan fingerprint density at radius 2 is 1.63 bits per heavy atom. The number of likely N-dealkylation sites (tertiary alicyclic amines) is 1.